The molecule has 0 saturated carbocycles. The maximum atomic E-state index is 13.0. The number of aryl methyl sites for hydroxylation is 1. The summed E-state index contributed by atoms with van der Waals surface area (Å²) in [7, 11) is 0. The van der Waals surface area contributed by atoms with Gasteiger partial charge in [0.25, 0.3) is 5.91 Å². The van der Waals surface area contributed by atoms with Gasteiger partial charge in [0.2, 0.25) is 0 Å². The molecule has 4 rings (SSSR count). The Labute approximate surface area is 159 Å². The van der Waals surface area contributed by atoms with Crippen molar-refractivity contribution in [3.05, 3.63) is 65.9 Å². The lowest BCUT2D eigenvalue weighted by Crippen LogP contribution is -2.39. The Morgan fingerprint density at radius 1 is 1.19 bits per heavy atom. The van der Waals surface area contributed by atoms with Crippen molar-refractivity contribution in [2.75, 3.05) is 13.1 Å². The molecule has 1 aromatic heterocycles. The third-order valence-corrected chi connectivity index (χ3v) is 5.16. The van der Waals surface area contributed by atoms with E-state index in [1.54, 1.807) is 0 Å². The summed E-state index contributed by atoms with van der Waals surface area (Å²) >= 11 is 0. The van der Waals surface area contributed by atoms with E-state index in [9.17, 15) is 10.1 Å². The number of piperidine rings is 1. The molecule has 0 N–H and O–H groups in total. The highest BCUT2D eigenvalue weighted by Gasteiger charge is 2.24. The van der Waals surface area contributed by atoms with Crippen molar-refractivity contribution in [1.29, 1.82) is 5.26 Å². The minimum atomic E-state index is -0.0577. The first kappa shape index (κ1) is 17.2. The highest BCUT2D eigenvalue weighted by atomic mass is 16.2. The number of hydrogen-bond donors (Lipinski definition) is 0. The second kappa shape index (κ2) is 7.20. The standard InChI is InChI=1S/C23H21N3O/c1-16-12-21(20-9-2-3-10-22(20)25-16)18-7-4-8-19(13-18)23(27)26-11-5-6-17(14-24)15-26/h2-4,7-10,12-13,17H,5-6,11,15H2,1H3/t17-/m0/s1. The Balaban J connectivity index is 1.72. The number of hydrogen-bond acceptors (Lipinski definition) is 3. The van der Waals surface area contributed by atoms with Gasteiger partial charge in [-0.25, -0.2) is 0 Å². The molecule has 2 aromatic carbocycles. The van der Waals surface area contributed by atoms with E-state index in [0.717, 1.165) is 47.1 Å². The Morgan fingerprint density at radius 3 is 2.89 bits per heavy atom. The first-order valence-electron chi connectivity index (χ1n) is 9.31. The van der Waals surface area contributed by atoms with E-state index in [0.29, 0.717) is 12.1 Å². The Hall–Kier alpha value is -3.19. The molecule has 0 spiro atoms. The summed E-state index contributed by atoms with van der Waals surface area (Å²) in [5.41, 5.74) is 4.67. The van der Waals surface area contributed by atoms with Crippen molar-refractivity contribution in [3.63, 3.8) is 0 Å². The van der Waals surface area contributed by atoms with E-state index in [-0.39, 0.29) is 11.8 Å². The lowest BCUT2D eigenvalue weighted by Gasteiger charge is -2.29. The zero-order valence-corrected chi connectivity index (χ0v) is 15.4. The van der Waals surface area contributed by atoms with Gasteiger partial charge in [-0.05, 0) is 55.2 Å². The zero-order chi connectivity index (χ0) is 18.8. The molecule has 0 radical (unpaired) electrons. The van der Waals surface area contributed by atoms with Crippen molar-refractivity contribution in [2.24, 2.45) is 5.92 Å². The maximum Gasteiger partial charge on any atom is 0.253 e. The van der Waals surface area contributed by atoms with Gasteiger partial charge in [0.15, 0.2) is 0 Å². The fraction of sp³-hybridized carbons (Fsp3) is 0.261. The number of benzene rings is 2. The van der Waals surface area contributed by atoms with Gasteiger partial charge in [-0.2, -0.15) is 5.26 Å². The van der Waals surface area contributed by atoms with Crippen LogP contribution in [0.15, 0.2) is 54.6 Å². The van der Waals surface area contributed by atoms with Gasteiger partial charge < -0.3 is 4.90 Å². The quantitative estimate of drug-likeness (QED) is 0.676. The summed E-state index contributed by atoms with van der Waals surface area (Å²) in [5.74, 6) is -0.0513. The molecule has 3 aromatic rings. The molecule has 1 aliphatic heterocycles. The van der Waals surface area contributed by atoms with Crippen molar-refractivity contribution in [1.82, 2.24) is 9.88 Å². The van der Waals surface area contributed by atoms with Crippen LogP contribution in [0.1, 0.15) is 28.9 Å². The number of carbonyl (C=O) groups excluding carboxylic acids is 1. The number of carbonyl (C=O) groups is 1. The molecular weight excluding hydrogens is 334 g/mol. The number of para-hydroxylation sites is 1. The molecule has 134 valence electrons. The predicted molar refractivity (Wildman–Crippen MR) is 106 cm³/mol. The van der Waals surface area contributed by atoms with Crippen LogP contribution in [-0.4, -0.2) is 28.9 Å². The second-order valence-electron chi connectivity index (χ2n) is 7.13. The molecule has 1 atom stereocenters. The van der Waals surface area contributed by atoms with Crippen LogP contribution in [0.5, 0.6) is 0 Å². The monoisotopic (exact) mass is 355 g/mol. The number of fused-ring (bicyclic) bond motifs is 1. The zero-order valence-electron chi connectivity index (χ0n) is 15.4. The van der Waals surface area contributed by atoms with E-state index in [4.69, 9.17) is 0 Å². The fourth-order valence-electron chi connectivity index (χ4n) is 3.82. The largest absolute Gasteiger partial charge is 0.337 e. The van der Waals surface area contributed by atoms with Crippen molar-refractivity contribution in [3.8, 4) is 17.2 Å². The number of amides is 1. The van der Waals surface area contributed by atoms with E-state index in [1.165, 1.54) is 0 Å². The number of aromatic nitrogens is 1. The average molecular weight is 355 g/mol. The molecule has 0 aliphatic carbocycles. The highest BCUT2D eigenvalue weighted by Crippen LogP contribution is 2.29. The summed E-state index contributed by atoms with van der Waals surface area (Å²) in [6, 6.07) is 20.2. The summed E-state index contributed by atoms with van der Waals surface area (Å²) in [6.45, 7) is 3.23. The van der Waals surface area contributed by atoms with E-state index in [1.807, 2.05) is 54.3 Å². The molecule has 0 bridgehead atoms. The Kier molecular flexibility index (Phi) is 4.60. The van der Waals surface area contributed by atoms with Crippen LogP contribution in [0.4, 0.5) is 0 Å². The number of likely N-dealkylation sites (tertiary alicyclic amines) is 1. The van der Waals surface area contributed by atoms with Gasteiger partial charge in [0.05, 0.1) is 17.5 Å². The molecular formula is C23H21N3O. The van der Waals surface area contributed by atoms with Gasteiger partial charge in [-0.1, -0.05) is 30.3 Å². The number of nitrogens with zero attached hydrogens (tertiary/aromatic N) is 3. The van der Waals surface area contributed by atoms with Gasteiger partial charge in [0, 0.05) is 29.7 Å². The minimum Gasteiger partial charge on any atom is -0.337 e. The molecule has 4 nitrogen and oxygen atoms in total. The lowest BCUT2D eigenvalue weighted by atomic mass is 9.96. The van der Waals surface area contributed by atoms with Crippen molar-refractivity contribution >= 4 is 16.8 Å². The number of nitriles is 1. The first-order chi connectivity index (χ1) is 13.2. The van der Waals surface area contributed by atoms with Crippen LogP contribution >= 0.6 is 0 Å². The van der Waals surface area contributed by atoms with E-state index < -0.39 is 0 Å². The highest BCUT2D eigenvalue weighted by molar-refractivity contribution is 5.99. The summed E-state index contributed by atoms with van der Waals surface area (Å²) in [6.07, 6.45) is 1.76. The minimum absolute atomic E-state index is 0.00637. The summed E-state index contributed by atoms with van der Waals surface area (Å²) < 4.78 is 0. The number of rotatable bonds is 2. The van der Waals surface area contributed by atoms with Gasteiger partial charge >= 0.3 is 0 Å². The molecule has 27 heavy (non-hydrogen) atoms. The normalized spacial score (nSPS) is 16.9. The first-order valence-corrected chi connectivity index (χ1v) is 9.31. The molecule has 1 aliphatic rings. The van der Waals surface area contributed by atoms with Crippen LogP contribution in [0.25, 0.3) is 22.0 Å². The topological polar surface area (TPSA) is 57.0 Å². The Morgan fingerprint density at radius 2 is 2.04 bits per heavy atom. The van der Waals surface area contributed by atoms with E-state index in [2.05, 4.69) is 23.2 Å². The van der Waals surface area contributed by atoms with Crippen molar-refractivity contribution < 1.29 is 4.79 Å². The summed E-state index contributed by atoms with van der Waals surface area (Å²) in [4.78, 5) is 19.4. The number of pyridine rings is 1. The van der Waals surface area contributed by atoms with Gasteiger partial charge in [-0.3, -0.25) is 9.78 Å². The molecule has 0 unspecified atom stereocenters. The maximum absolute atomic E-state index is 13.0. The van der Waals surface area contributed by atoms with Gasteiger partial charge in [-0.15, -0.1) is 0 Å². The third-order valence-electron chi connectivity index (χ3n) is 5.16. The van der Waals surface area contributed by atoms with Crippen LogP contribution in [0, 0.1) is 24.2 Å². The molecule has 1 saturated heterocycles. The van der Waals surface area contributed by atoms with Crippen LogP contribution in [0.2, 0.25) is 0 Å². The molecule has 1 amide bonds. The van der Waals surface area contributed by atoms with Crippen LogP contribution in [-0.2, 0) is 0 Å². The van der Waals surface area contributed by atoms with Crippen molar-refractivity contribution in [2.45, 2.75) is 19.8 Å². The van der Waals surface area contributed by atoms with Crippen LogP contribution < -0.4 is 0 Å². The SMILES string of the molecule is Cc1cc(-c2cccc(C(=O)N3CCC[C@@H](C#N)C3)c2)c2ccccc2n1. The smallest absolute Gasteiger partial charge is 0.253 e. The molecule has 2 heterocycles. The predicted octanol–water partition coefficient (Wildman–Crippen LogP) is 4.59. The van der Waals surface area contributed by atoms with Gasteiger partial charge in [0.1, 0.15) is 0 Å². The van der Waals surface area contributed by atoms with E-state index >= 15 is 0 Å². The van der Waals surface area contributed by atoms with Crippen LogP contribution in [0.3, 0.4) is 0 Å². The molecule has 4 heteroatoms. The average Bonchev–Trinajstić information content (AvgIpc) is 2.72. The Bertz CT molecular complexity index is 1050. The molecule has 1 fully saturated rings. The second-order valence-corrected chi connectivity index (χ2v) is 7.13. The lowest BCUT2D eigenvalue weighted by molar-refractivity contribution is 0.0699. The summed E-state index contributed by atoms with van der Waals surface area (Å²) in [5, 5.41) is 10.3. The fourth-order valence-corrected chi connectivity index (χ4v) is 3.82. The third kappa shape index (κ3) is 3.41.